The molecule has 2 N–H and O–H groups in total. The Balaban J connectivity index is 2.26. The van der Waals surface area contributed by atoms with Gasteiger partial charge in [-0.25, -0.2) is 9.69 Å². The molecule has 1 saturated heterocycles. The fourth-order valence-corrected chi connectivity index (χ4v) is 3.10. The van der Waals surface area contributed by atoms with Gasteiger partial charge in [0.15, 0.2) is 0 Å². The topological polar surface area (TPSA) is 90.0 Å². The quantitative estimate of drug-likeness (QED) is 0.569. The summed E-state index contributed by atoms with van der Waals surface area (Å²) in [5, 5.41) is 11.1. The van der Waals surface area contributed by atoms with Crippen LogP contribution in [0.4, 0.5) is 10.5 Å². The van der Waals surface area contributed by atoms with Gasteiger partial charge in [-0.3, -0.25) is 9.59 Å². The Kier molecular flexibility index (Phi) is 5.61. The van der Waals surface area contributed by atoms with Gasteiger partial charge in [0.05, 0.1) is 5.69 Å². The Morgan fingerprint density at radius 3 is 2.54 bits per heavy atom. The first-order valence-corrected chi connectivity index (χ1v) is 8.27. The van der Waals surface area contributed by atoms with E-state index in [1.807, 2.05) is 18.2 Å². The van der Waals surface area contributed by atoms with E-state index in [9.17, 15) is 14.4 Å². The maximum Gasteiger partial charge on any atom is 0.329 e. The summed E-state index contributed by atoms with van der Waals surface area (Å²) in [5.41, 5.74) is 1.82. The third-order valence-corrected chi connectivity index (χ3v) is 4.28. The zero-order valence-corrected chi connectivity index (χ0v) is 15.0. The molecule has 3 amide bonds. The molecular formula is C16H18BrN3O4. The molecule has 8 heteroatoms. The molecule has 0 spiro atoms. The molecule has 1 heterocycles. The second-order valence-electron chi connectivity index (χ2n) is 5.16. The van der Waals surface area contributed by atoms with Crippen molar-refractivity contribution in [2.24, 2.45) is 0 Å². The van der Waals surface area contributed by atoms with Gasteiger partial charge >= 0.3 is 12.0 Å². The number of imide groups is 1. The van der Waals surface area contributed by atoms with Gasteiger partial charge < -0.3 is 15.3 Å². The van der Waals surface area contributed by atoms with Crippen molar-refractivity contribution >= 4 is 45.6 Å². The number of benzene rings is 1. The lowest BCUT2D eigenvalue weighted by Crippen LogP contribution is -2.35. The smallest absolute Gasteiger partial charge is 0.329 e. The summed E-state index contributed by atoms with van der Waals surface area (Å²) in [7, 11) is 0. The molecule has 0 bridgehead atoms. The normalized spacial score (nSPS) is 15.8. The number of nitrogens with zero attached hydrogens (tertiary/aromatic N) is 2. The summed E-state index contributed by atoms with van der Waals surface area (Å²) in [6.45, 7) is 5.21. The minimum atomic E-state index is -1.24. The summed E-state index contributed by atoms with van der Waals surface area (Å²) >= 11 is 3.52. The number of hydrogen-bond donors (Lipinski definition) is 2. The summed E-state index contributed by atoms with van der Waals surface area (Å²) in [4.78, 5) is 37.3. The minimum Gasteiger partial charge on any atom is -0.480 e. The number of halogens is 1. The first kappa shape index (κ1) is 18.0. The van der Waals surface area contributed by atoms with Crippen molar-refractivity contribution in [3.63, 3.8) is 0 Å². The highest BCUT2D eigenvalue weighted by atomic mass is 79.9. The summed E-state index contributed by atoms with van der Waals surface area (Å²) in [6, 6.07) is 4.89. The molecule has 1 aliphatic rings. The molecular weight excluding hydrogens is 378 g/mol. The number of aliphatic carboxylic acids is 1. The van der Waals surface area contributed by atoms with Crippen molar-refractivity contribution in [2.45, 2.75) is 13.8 Å². The van der Waals surface area contributed by atoms with Crippen molar-refractivity contribution < 1.29 is 19.5 Å². The predicted molar refractivity (Wildman–Crippen MR) is 93.6 cm³/mol. The second-order valence-corrected chi connectivity index (χ2v) is 6.01. The SMILES string of the molecule is CCN(CC)c1ccc(/C=C2/NC(=O)N(CC(=O)O)C2=O)cc1Br. The van der Waals surface area contributed by atoms with E-state index in [0.29, 0.717) is 4.90 Å². The number of carbonyl (C=O) groups is 3. The lowest BCUT2D eigenvalue weighted by atomic mass is 10.1. The monoisotopic (exact) mass is 395 g/mol. The molecule has 1 aromatic rings. The number of carbonyl (C=O) groups excluding carboxylic acids is 2. The number of amides is 3. The van der Waals surface area contributed by atoms with Crippen molar-refractivity contribution in [1.29, 1.82) is 0 Å². The third-order valence-electron chi connectivity index (χ3n) is 3.64. The van der Waals surface area contributed by atoms with Gasteiger partial charge in [0, 0.05) is 17.6 Å². The Morgan fingerprint density at radius 1 is 1.33 bits per heavy atom. The average molecular weight is 396 g/mol. The molecule has 0 aliphatic carbocycles. The van der Waals surface area contributed by atoms with Gasteiger partial charge in [-0.2, -0.15) is 0 Å². The molecule has 1 fully saturated rings. The van der Waals surface area contributed by atoms with E-state index < -0.39 is 24.5 Å². The van der Waals surface area contributed by atoms with Gasteiger partial charge in [0.2, 0.25) is 0 Å². The van der Waals surface area contributed by atoms with Crippen LogP contribution in [0.1, 0.15) is 19.4 Å². The average Bonchev–Trinajstić information content (AvgIpc) is 2.77. The van der Waals surface area contributed by atoms with Crippen LogP contribution in [-0.2, 0) is 9.59 Å². The molecule has 1 aliphatic heterocycles. The van der Waals surface area contributed by atoms with Crippen LogP contribution >= 0.6 is 15.9 Å². The van der Waals surface area contributed by atoms with Crippen LogP contribution in [0.3, 0.4) is 0 Å². The lowest BCUT2D eigenvalue weighted by molar-refractivity contribution is -0.140. The Hall–Kier alpha value is -2.35. The number of anilines is 1. The third kappa shape index (κ3) is 3.76. The minimum absolute atomic E-state index is 0.0590. The highest BCUT2D eigenvalue weighted by Crippen LogP contribution is 2.28. The van der Waals surface area contributed by atoms with Crippen LogP contribution in [0, 0.1) is 0 Å². The van der Waals surface area contributed by atoms with Crippen molar-refractivity contribution in [2.75, 3.05) is 24.5 Å². The first-order chi connectivity index (χ1) is 11.4. The molecule has 0 saturated carbocycles. The van der Waals surface area contributed by atoms with Crippen LogP contribution in [0.2, 0.25) is 0 Å². The van der Waals surface area contributed by atoms with E-state index >= 15 is 0 Å². The molecule has 0 radical (unpaired) electrons. The van der Waals surface area contributed by atoms with Crippen LogP contribution in [0.15, 0.2) is 28.4 Å². The van der Waals surface area contributed by atoms with Crippen LogP contribution in [0.5, 0.6) is 0 Å². The van der Waals surface area contributed by atoms with Crippen LogP contribution in [-0.4, -0.2) is 47.5 Å². The molecule has 0 aromatic heterocycles. The molecule has 7 nitrogen and oxygen atoms in total. The largest absolute Gasteiger partial charge is 0.480 e. The fourth-order valence-electron chi connectivity index (χ4n) is 2.45. The number of nitrogens with one attached hydrogen (secondary N) is 1. The zero-order chi connectivity index (χ0) is 17.9. The van der Waals surface area contributed by atoms with E-state index in [-0.39, 0.29) is 5.70 Å². The van der Waals surface area contributed by atoms with Gasteiger partial charge in [-0.05, 0) is 53.5 Å². The Bertz CT molecular complexity index is 713. The van der Waals surface area contributed by atoms with Gasteiger partial charge in [0.1, 0.15) is 12.2 Å². The molecule has 2 rings (SSSR count). The Labute approximate surface area is 148 Å². The molecule has 128 valence electrons. The van der Waals surface area contributed by atoms with Gasteiger partial charge in [-0.1, -0.05) is 6.07 Å². The Morgan fingerprint density at radius 2 is 2.00 bits per heavy atom. The van der Waals surface area contributed by atoms with E-state index in [1.54, 1.807) is 0 Å². The number of rotatable bonds is 6. The van der Waals surface area contributed by atoms with E-state index in [4.69, 9.17) is 5.11 Å². The number of carboxylic acid groups (broad SMARTS) is 1. The number of hydrogen-bond acceptors (Lipinski definition) is 4. The van der Waals surface area contributed by atoms with Gasteiger partial charge in [-0.15, -0.1) is 0 Å². The van der Waals surface area contributed by atoms with Gasteiger partial charge in [0.25, 0.3) is 5.91 Å². The molecule has 24 heavy (non-hydrogen) atoms. The van der Waals surface area contributed by atoms with Crippen molar-refractivity contribution in [1.82, 2.24) is 10.2 Å². The second kappa shape index (κ2) is 7.48. The number of urea groups is 1. The molecule has 0 atom stereocenters. The summed E-state index contributed by atoms with van der Waals surface area (Å²) < 4.78 is 0.875. The zero-order valence-electron chi connectivity index (χ0n) is 13.4. The van der Waals surface area contributed by atoms with Crippen molar-refractivity contribution in [3.8, 4) is 0 Å². The number of carboxylic acids is 1. The van der Waals surface area contributed by atoms with Crippen LogP contribution < -0.4 is 10.2 Å². The highest BCUT2D eigenvalue weighted by molar-refractivity contribution is 9.10. The standard InChI is InChI=1S/C16H18BrN3O4/c1-3-19(4-2)13-6-5-10(7-11(13)17)8-12-15(23)20(9-14(21)22)16(24)18-12/h5-8H,3-4,9H2,1-2H3,(H,18,24)(H,21,22)/b12-8+. The van der Waals surface area contributed by atoms with E-state index in [2.05, 4.69) is 40.0 Å². The molecule has 0 unspecified atom stereocenters. The summed E-state index contributed by atoms with van der Waals surface area (Å²) in [5.74, 6) is -1.89. The van der Waals surface area contributed by atoms with Crippen molar-refractivity contribution in [3.05, 3.63) is 33.9 Å². The van der Waals surface area contributed by atoms with E-state index in [0.717, 1.165) is 28.8 Å². The predicted octanol–water partition coefficient (Wildman–Crippen LogP) is 2.27. The maximum absolute atomic E-state index is 12.1. The van der Waals surface area contributed by atoms with Crippen LogP contribution in [0.25, 0.3) is 6.08 Å². The fraction of sp³-hybridized carbons (Fsp3) is 0.312. The maximum atomic E-state index is 12.1. The summed E-state index contributed by atoms with van der Waals surface area (Å²) in [6.07, 6.45) is 1.53. The highest BCUT2D eigenvalue weighted by Gasteiger charge is 2.34. The lowest BCUT2D eigenvalue weighted by Gasteiger charge is -2.22. The molecule has 1 aromatic carbocycles. The first-order valence-electron chi connectivity index (χ1n) is 7.48. The van der Waals surface area contributed by atoms with E-state index in [1.165, 1.54) is 6.08 Å².